The van der Waals surface area contributed by atoms with Gasteiger partial charge in [-0.05, 0) is 95.0 Å². The Morgan fingerprint density at radius 2 is 0.945 bits per heavy atom. The molecule has 2 aromatic heterocycles. The number of hydrogen-bond acceptors (Lipinski definition) is 3. The van der Waals surface area contributed by atoms with E-state index in [0.29, 0.717) is 0 Å². The van der Waals surface area contributed by atoms with Gasteiger partial charge >= 0.3 is 0 Å². The van der Waals surface area contributed by atoms with E-state index in [4.69, 9.17) is 9.97 Å². The number of rotatable bonds is 5. The zero-order valence-electron chi connectivity index (χ0n) is 29.8. The lowest BCUT2D eigenvalue weighted by Crippen LogP contribution is -1.96. The van der Waals surface area contributed by atoms with Crippen molar-refractivity contribution in [2.24, 2.45) is 0 Å². The highest BCUT2D eigenvalue weighted by molar-refractivity contribution is 7.22. The van der Waals surface area contributed by atoms with Crippen LogP contribution in [0.25, 0.3) is 109 Å². The normalized spacial score (nSPS) is 11.6. The molecule has 0 aliphatic rings. The Balaban J connectivity index is 1.05. The van der Waals surface area contributed by atoms with Gasteiger partial charge in [-0.3, -0.25) is 0 Å². The van der Waals surface area contributed by atoms with E-state index < -0.39 is 0 Å². The van der Waals surface area contributed by atoms with Gasteiger partial charge in [0.05, 0.1) is 16.3 Å². The van der Waals surface area contributed by atoms with Crippen LogP contribution in [-0.4, -0.2) is 9.97 Å². The van der Waals surface area contributed by atoms with Crippen molar-refractivity contribution in [1.82, 2.24) is 9.97 Å². The number of hydrogen-bond donors (Lipinski definition) is 0. The summed E-state index contributed by atoms with van der Waals surface area (Å²) in [5.41, 5.74) is 8.80. The third-order valence-electron chi connectivity index (χ3n) is 10.9. The Kier molecular flexibility index (Phi) is 7.39. The molecule has 0 aliphatic carbocycles. The second-order valence-electron chi connectivity index (χ2n) is 14.1. The van der Waals surface area contributed by atoms with E-state index in [2.05, 4.69) is 176 Å². The summed E-state index contributed by atoms with van der Waals surface area (Å²) in [4.78, 5) is 11.5. The van der Waals surface area contributed by atoms with Crippen LogP contribution in [0, 0.1) is 0 Å². The average Bonchev–Trinajstić information content (AvgIpc) is 3.70. The summed E-state index contributed by atoms with van der Waals surface area (Å²) in [6.45, 7) is 0. The van der Waals surface area contributed by atoms with Crippen LogP contribution in [0.15, 0.2) is 194 Å². The zero-order valence-corrected chi connectivity index (χ0v) is 30.6. The van der Waals surface area contributed by atoms with E-state index in [1.54, 1.807) is 11.3 Å². The molecule has 2 heterocycles. The van der Waals surface area contributed by atoms with Gasteiger partial charge in [-0.1, -0.05) is 170 Å². The molecular formula is C52H32N2S. The van der Waals surface area contributed by atoms with E-state index in [9.17, 15) is 0 Å². The minimum Gasteiger partial charge on any atom is -0.228 e. The molecule has 0 atom stereocenters. The summed E-state index contributed by atoms with van der Waals surface area (Å²) in [6.07, 6.45) is 0. The van der Waals surface area contributed by atoms with Gasteiger partial charge in [-0.2, -0.15) is 0 Å². The summed E-state index contributed by atoms with van der Waals surface area (Å²) in [6, 6.07) is 69.9. The summed E-state index contributed by atoms with van der Waals surface area (Å²) in [5, 5.41) is 11.2. The quantitative estimate of drug-likeness (QED) is 0.131. The first kappa shape index (κ1) is 31.6. The third-order valence-corrected chi connectivity index (χ3v) is 12.0. The molecule has 9 aromatic carbocycles. The van der Waals surface area contributed by atoms with Crippen LogP contribution in [-0.2, 0) is 0 Å². The van der Waals surface area contributed by atoms with Crippen molar-refractivity contribution in [1.29, 1.82) is 0 Å². The Morgan fingerprint density at radius 3 is 1.75 bits per heavy atom. The first-order valence-electron chi connectivity index (χ1n) is 18.6. The SMILES string of the molecule is c1ccc(-c2nc(-c3cc4ccccc4s3)cc(-c3ccc(-c4ccc(-c5c6ccccc6cc6c5ccc5ccccc56)cc4)c4ccccc34)n2)cc1. The van der Waals surface area contributed by atoms with Crippen LogP contribution in [0.5, 0.6) is 0 Å². The maximum absolute atomic E-state index is 5.21. The van der Waals surface area contributed by atoms with Crippen molar-refractivity contribution >= 4 is 64.5 Å². The van der Waals surface area contributed by atoms with Gasteiger partial charge in [-0.25, -0.2) is 9.97 Å². The minimum atomic E-state index is 0.725. The fourth-order valence-corrected chi connectivity index (χ4v) is 9.28. The first-order chi connectivity index (χ1) is 27.2. The Morgan fingerprint density at radius 1 is 0.327 bits per heavy atom. The van der Waals surface area contributed by atoms with Gasteiger partial charge in [0, 0.05) is 15.8 Å². The maximum atomic E-state index is 5.21. The molecule has 0 fully saturated rings. The lowest BCUT2D eigenvalue weighted by atomic mass is 9.88. The van der Waals surface area contributed by atoms with E-state index >= 15 is 0 Å². The van der Waals surface area contributed by atoms with E-state index in [-0.39, 0.29) is 0 Å². The van der Waals surface area contributed by atoms with E-state index in [0.717, 1.165) is 38.6 Å². The molecule has 0 saturated carbocycles. The van der Waals surface area contributed by atoms with Gasteiger partial charge < -0.3 is 0 Å². The molecule has 2 nitrogen and oxygen atoms in total. The smallest absolute Gasteiger partial charge is 0.160 e. The molecule has 0 bridgehead atoms. The van der Waals surface area contributed by atoms with Crippen LogP contribution in [0.2, 0.25) is 0 Å². The predicted octanol–water partition coefficient (Wildman–Crippen LogP) is 14.6. The highest BCUT2D eigenvalue weighted by Gasteiger charge is 2.17. The summed E-state index contributed by atoms with van der Waals surface area (Å²) in [7, 11) is 0. The summed E-state index contributed by atoms with van der Waals surface area (Å²) >= 11 is 1.77. The molecule has 0 aliphatic heterocycles. The molecular weight excluding hydrogens is 685 g/mol. The van der Waals surface area contributed by atoms with Crippen LogP contribution >= 0.6 is 11.3 Å². The van der Waals surface area contributed by atoms with Crippen molar-refractivity contribution in [2.75, 3.05) is 0 Å². The van der Waals surface area contributed by atoms with Crippen LogP contribution in [0.4, 0.5) is 0 Å². The number of fused-ring (bicyclic) bond motifs is 6. The maximum Gasteiger partial charge on any atom is 0.160 e. The van der Waals surface area contributed by atoms with Gasteiger partial charge in [0.1, 0.15) is 0 Å². The number of thiophene rings is 1. The second-order valence-corrected chi connectivity index (χ2v) is 15.2. The standard InChI is InChI=1S/C52H32N2S/c1-2-13-36(14-3-1)52-53-47(32-48(54-52)50-31-38-16-6-11-21-49(38)55-50)44-29-28-40(42-19-9-10-20-43(42)44)34-22-24-35(25-23-34)51-41-18-8-5-15-37(41)30-46-39-17-7-4-12-33(39)26-27-45(46)51/h1-32H. The van der Waals surface area contributed by atoms with Crippen molar-refractivity contribution in [3.63, 3.8) is 0 Å². The topological polar surface area (TPSA) is 25.8 Å². The highest BCUT2D eigenvalue weighted by atomic mass is 32.1. The van der Waals surface area contributed by atoms with Crippen molar-refractivity contribution in [3.8, 4) is 55.5 Å². The Bertz CT molecular complexity index is 3220. The number of nitrogens with zero attached hydrogens (tertiary/aromatic N) is 2. The molecule has 11 aromatic rings. The number of aromatic nitrogens is 2. The summed E-state index contributed by atoms with van der Waals surface area (Å²) in [5.74, 6) is 0.725. The van der Waals surface area contributed by atoms with E-state index in [1.165, 1.54) is 70.0 Å². The van der Waals surface area contributed by atoms with Gasteiger partial charge in [0.15, 0.2) is 5.82 Å². The Labute approximate surface area is 322 Å². The van der Waals surface area contributed by atoms with Gasteiger partial charge in [-0.15, -0.1) is 11.3 Å². The van der Waals surface area contributed by atoms with Crippen LogP contribution < -0.4 is 0 Å². The minimum absolute atomic E-state index is 0.725. The molecule has 0 spiro atoms. The molecule has 0 N–H and O–H groups in total. The van der Waals surface area contributed by atoms with E-state index in [1.807, 2.05) is 18.2 Å². The van der Waals surface area contributed by atoms with Crippen molar-refractivity contribution in [2.45, 2.75) is 0 Å². The third kappa shape index (κ3) is 5.40. The molecule has 0 amide bonds. The monoisotopic (exact) mass is 716 g/mol. The highest BCUT2D eigenvalue weighted by Crippen LogP contribution is 2.42. The molecule has 11 rings (SSSR count). The Hall–Kier alpha value is -6.94. The van der Waals surface area contributed by atoms with Crippen LogP contribution in [0.3, 0.4) is 0 Å². The molecule has 3 heteroatoms. The zero-order chi connectivity index (χ0) is 36.3. The van der Waals surface area contributed by atoms with Gasteiger partial charge in [0.25, 0.3) is 0 Å². The molecule has 0 unspecified atom stereocenters. The fourth-order valence-electron chi connectivity index (χ4n) is 8.26. The van der Waals surface area contributed by atoms with Gasteiger partial charge in [0.2, 0.25) is 0 Å². The molecule has 0 saturated heterocycles. The average molecular weight is 717 g/mol. The van der Waals surface area contributed by atoms with Crippen LogP contribution in [0.1, 0.15) is 0 Å². The lowest BCUT2D eigenvalue weighted by Gasteiger charge is -2.15. The van der Waals surface area contributed by atoms with Crippen molar-refractivity contribution < 1.29 is 0 Å². The molecule has 55 heavy (non-hydrogen) atoms. The molecule has 256 valence electrons. The molecule has 0 radical (unpaired) electrons. The first-order valence-corrected chi connectivity index (χ1v) is 19.5. The predicted molar refractivity (Wildman–Crippen MR) is 235 cm³/mol. The largest absolute Gasteiger partial charge is 0.228 e. The number of benzene rings is 9. The second kappa shape index (κ2) is 12.9. The lowest BCUT2D eigenvalue weighted by molar-refractivity contribution is 1.19. The fraction of sp³-hybridized carbons (Fsp3) is 0. The van der Waals surface area contributed by atoms with Crippen molar-refractivity contribution in [3.05, 3.63) is 194 Å². The summed E-state index contributed by atoms with van der Waals surface area (Å²) < 4.78 is 1.25.